The van der Waals surface area contributed by atoms with Gasteiger partial charge in [0.25, 0.3) is 5.91 Å². The van der Waals surface area contributed by atoms with Crippen molar-refractivity contribution < 1.29 is 36.3 Å². The number of hydrogen-bond donors (Lipinski definition) is 1. The summed E-state index contributed by atoms with van der Waals surface area (Å²) in [4.78, 5) is 12.3. The Hall–Kier alpha value is -2.47. The zero-order chi connectivity index (χ0) is 25.8. The van der Waals surface area contributed by atoms with Gasteiger partial charge in [0.2, 0.25) is 10.0 Å². The minimum absolute atomic E-state index is 0.0160. The number of sulfonamides is 1. The van der Waals surface area contributed by atoms with Crippen LogP contribution in [0, 0.1) is 13.8 Å². The zero-order valence-electron chi connectivity index (χ0n) is 19.6. The Labute approximate surface area is 203 Å². The van der Waals surface area contributed by atoms with Gasteiger partial charge >= 0.3 is 6.18 Å². The number of alkyl halides is 3. The lowest BCUT2D eigenvalue weighted by atomic mass is 10.1. The maximum Gasteiger partial charge on any atom is 0.417 e. The molecule has 1 aliphatic heterocycles. The molecule has 192 valence electrons. The minimum Gasteiger partial charge on any atom is -0.373 e. The van der Waals surface area contributed by atoms with Crippen LogP contribution in [0.25, 0.3) is 0 Å². The monoisotopic (exact) mass is 514 g/mol. The van der Waals surface area contributed by atoms with Crippen molar-refractivity contribution in [3.8, 4) is 0 Å². The van der Waals surface area contributed by atoms with Gasteiger partial charge in [0, 0.05) is 13.1 Å². The predicted octanol–water partition coefficient (Wildman–Crippen LogP) is 4.16. The van der Waals surface area contributed by atoms with Crippen LogP contribution in [-0.2, 0) is 27.5 Å². The molecule has 7 nitrogen and oxygen atoms in total. The molecule has 1 fully saturated rings. The van der Waals surface area contributed by atoms with E-state index in [-0.39, 0.29) is 24.3 Å². The van der Waals surface area contributed by atoms with Gasteiger partial charge in [0.1, 0.15) is 0 Å². The molecule has 0 spiro atoms. The van der Waals surface area contributed by atoms with Crippen LogP contribution in [0.1, 0.15) is 45.5 Å². The van der Waals surface area contributed by atoms with Gasteiger partial charge in [0.15, 0.2) is 0 Å². The number of carbonyl (C=O) groups excluding carboxylic acids is 1. The second-order valence-electron chi connectivity index (χ2n) is 8.63. The summed E-state index contributed by atoms with van der Waals surface area (Å²) in [6.45, 7) is 4.22. The third kappa shape index (κ3) is 7.03. The van der Waals surface area contributed by atoms with Crippen molar-refractivity contribution in [3.63, 3.8) is 0 Å². The molecule has 0 saturated carbocycles. The minimum atomic E-state index is -4.79. The molecule has 0 aromatic heterocycles. The molecule has 2 aromatic carbocycles. The molecule has 0 radical (unpaired) electrons. The number of amides is 1. The number of hydrogen-bond acceptors (Lipinski definition) is 5. The maximum absolute atomic E-state index is 13.1. The summed E-state index contributed by atoms with van der Waals surface area (Å²) in [6, 6.07) is 10.1. The molecule has 1 amide bonds. The first-order valence-corrected chi connectivity index (χ1v) is 12.8. The van der Waals surface area contributed by atoms with Crippen LogP contribution in [0.5, 0.6) is 0 Å². The van der Waals surface area contributed by atoms with Crippen molar-refractivity contribution in [3.05, 3.63) is 70.3 Å². The number of aryl methyl sites for hydroxylation is 2. The third-order valence-electron chi connectivity index (χ3n) is 6.03. The Bertz CT molecular complexity index is 1150. The number of halogens is 3. The van der Waals surface area contributed by atoms with Gasteiger partial charge in [-0.3, -0.25) is 10.0 Å². The Morgan fingerprint density at radius 1 is 1.14 bits per heavy atom. The highest BCUT2D eigenvalue weighted by atomic mass is 32.2. The third-order valence-corrected chi connectivity index (χ3v) is 7.88. The van der Waals surface area contributed by atoms with E-state index in [1.807, 2.05) is 26.0 Å². The predicted molar refractivity (Wildman–Crippen MR) is 123 cm³/mol. The van der Waals surface area contributed by atoms with E-state index in [2.05, 4.69) is 6.07 Å². The number of carbonyl (C=O) groups is 1. The highest BCUT2D eigenvalue weighted by Crippen LogP contribution is 2.32. The van der Waals surface area contributed by atoms with Crippen LogP contribution in [0.4, 0.5) is 13.2 Å². The number of ether oxygens (including phenoxy) is 1. The Morgan fingerprint density at radius 3 is 2.46 bits per heavy atom. The largest absolute Gasteiger partial charge is 0.417 e. The van der Waals surface area contributed by atoms with Gasteiger partial charge in [-0.05, 0) is 49.9 Å². The molecule has 0 unspecified atom stereocenters. The molecule has 11 heteroatoms. The molecule has 1 aliphatic rings. The Morgan fingerprint density at radius 2 is 1.80 bits per heavy atom. The summed E-state index contributed by atoms with van der Waals surface area (Å²) in [5, 5.41) is 10.0. The molecule has 2 aromatic rings. The molecular weight excluding hydrogens is 485 g/mol. The standard InChI is InChI=1S/C24H29F3N2O5S/c1-17-7-8-18(2)19(15-17)16-34-20-9-11-28(12-10-20)35(32,33)14-13-29(31)23(30)21-5-3-4-6-22(21)24(25,26)27/h3-8,15,20,31H,9-14,16H2,1-2H3. The second-order valence-corrected chi connectivity index (χ2v) is 10.7. The van der Waals surface area contributed by atoms with Crippen LogP contribution in [-0.4, -0.2) is 60.4 Å². The number of rotatable bonds is 8. The van der Waals surface area contributed by atoms with Gasteiger partial charge in [-0.2, -0.15) is 13.2 Å². The number of benzene rings is 2. The highest BCUT2D eigenvalue weighted by molar-refractivity contribution is 7.89. The van der Waals surface area contributed by atoms with Crippen molar-refractivity contribution in [1.29, 1.82) is 0 Å². The van der Waals surface area contributed by atoms with Crippen LogP contribution in [0.3, 0.4) is 0 Å². The molecule has 1 N–H and O–H groups in total. The summed E-state index contributed by atoms with van der Waals surface area (Å²) in [6.07, 6.45) is -3.91. The van der Waals surface area contributed by atoms with Gasteiger partial charge in [-0.25, -0.2) is 17.8 Å². The first-order valence-electron chi connectivity index (χ1n) is 11.2. The topological polar surface area (TPSA) is 87.2 Å². The van der Waals surface area contributed by atoms with Crippen molar-refractivity contribution in [2.75, 3.05) is 25.4 Å². The summed E-state index contributed by atoms with van der Waals surface area (Å²) < 4.78 is 72.1. The fraction of sp³-hybridized carbons (Fsp3) is 0.458. The van der Waals surface area contributed by atoms with Gasteiger partial charge in [0.05, 0.1) is 36.1 Å². The van der Waals surface area contributed by atoms with Crippen molar-refractivity contribution in [2.24, 2.45) is 0 Å². The van der Waals surface area contributed by atoms with Crippen molar-refractivity contribution in [2.45, 2.75) is 45.6 Å². The first-order chi connectivity index (χ1) is 16.4. The van der Waals surface area contributed by atoms with Crippen molar-refractivity contribution >= 4 is 15.9 Å². The van der Waals surface area contributed by atoms with Crippen molar-refractivity contribution in [1.82, 2.24) is 9.37 Å². The summed E-state index contributed by atoms with van der Waals surface area (Å²) >= 11 is 0. The highest BCUT2D eigenvalue weighted by Gasteiger charge is 2.36. The van der Waals surface area contributed by atoms with E-state index < -0.39 is 45.5 Å². The molecular formula is C24H29F3N2O5S. The van der Waals surface area contributed by atoms with Crippen LogP contribution >= 0.6 is 0 Å². The zero-order valence-corrected chi connectivity index (χ0v) is 20.4. The van der Waals surface area contributed by atoms with Gasteiger partial charge < -0.3 is 4.74 Å². The first kappa shape index (κ1) is 27.1. The fourth-order valence-electron chi connectivity index (χ4n) is 3.93. The summed E-state index contributed by atoms with van der Waals surface area (Å²) in [7, 11) is -3.83. The molecule has 3 rings (SSSR count). The maximum atomic E-state index is 13.1. The van der Waals surface area contributed by atoms with Crippen LogP contribution in [0.15, 0.2) is 42.5 Å². The Balaban J connectivity index is 1.51. The van der Waals surface area contributed by atoms with Crippen LogP contribution < -0.4 is 0 Å². The van der Waals surface area contributed by atoms with E-state index in [1.54, 1.807) is 0 Å². The molecule has 1 heterocycles. The van der Waals surface area contributed by atoms with E-state index >= 15 is 0 Å². The van der Waals surface area contributed by atoms with E-state index in [4.69, 9.17) is 4.74 Å². The molecule has 0 bridgehead atoms. The molecule has 1 saturated heterocycles. The SMILES string of the molecule is Cc1ccc(C)c(COC2CCN(S(=O)(=O)CCN(O)C(=O)c3ccccc3C(F)(F)F)CC2)c1. The Kier molecular flexibility index (Phi) is 8.58. The average molecular weight is 515 g/mol. The lowest BCUT2D eigenvalue weighted by Crippen LogP contribution is -2.44. The quantitative estimate of drug-likeness (QED) is 0.422. The fourth-order valence-corrected chi connectivity index (χ4v) is 5.36. The van der Waals surface area contributed by atoms with E-state index in [0.29, 0.717) is 19.4 Å². The lowest BCUT2D eigenvalue weighted by Gasteiger charge is -2.31. The number of hydroxylamine groups is 2. The summed E-state index contributed by atoms with van der Waals surface area (Å²) in [5.41, 5.74) is 1.39. The van der Waals surface area contributed by atoms with E-state index in [9.17, 15) is 31.6 Å². The smallest absolute Gasteiger partial charge is 0.373 e. The lowest BCUT2D eigenvalue weighted by molar-refractivity contribution is -0.138. The second kappa shape index (κ2) is 11.1. The normalized spacial score (nSPS) is 15.8. The van der Waals surface area contributed by atoms with Crippen LogP contribution in [0.2, 0.25) is 0 Å². The number of piperidine rings is 1. The summed E-state index contributed by atoms with van der Waals surface area (Å²) in [5.74, 6) is -1.93. The van der Waals surface area contributed by atoms with Gasteiger partial charge in [-0.1, -0.05) is 35.9 Å². The molecule has 35 heavy (non-hydrogen) atoms. The average Bonchev–Trinajstić information content (AvgIpc) is 2.82. The molecule has 0 aliphatic carbocycles. The number of nitrogens with zero attached hydrogens (tertiary/aromatic N) is 2. The van der Waals surface area contributed by atoms with Gasteiger partial charge in [-0.15, -0.1) is 0 Å². The van der Waals surface area contributed by atoms with E-state index in [0.717, 1.165) is 34.9 Å². The van der Waals surface area contributed by atoms with E-state index in [1.165, 1.54) is 10.4 Å². The molecule has 0 atom stereocenters.